The monoisotopic (exact) mass is 433 g/mol. The minimum atomic E-state index is 0.680. The van der Waals surface area contributed by atoms with Crippen LogP contribution in [0, 0.1) is 0 Å². The Morgan fingerprint density at radius 1 is 1.04 bits per heavy atom. The van der Waals surface area contributed by atoms with E-state index in [1.54, 1.807) is 26.0 Å². The molecule has 1 heterocycles. The fraction of sp³-hybridized carbons (Fsp3) is 0.263. The second kappa shape index (κ2) is 8.60. The topological polar surface area (TPSA) is 49.2 Å². The minimum Gasteiger partial charge on any atom is -0.493 e. The van der Waals surface area contributed by atoms with Crippen LogP contribution >= 0.6 is 27.7 Å². The van der Waals surface area contributed by atoms with Crippen molar-refractivity contribution in [3.05, 3.63) is 52.5 Å². The van der Waals surface area contributed by atoms with Crippen LogP contribution in [0.1, 0.15) is 12.5 Å². The molecule has 0 saturated carbocycles. The molecular formula is C19H20BrN3O2S. The van der Waals surface area contributed by atoms with E-state index >= 15 is 0 Å². The van der Waals surface area contributed by atoms with Gasteiger partial charge in [-0.1, -0.05) is 39.8 Å². The number of ether oxygens (including phenoxy) is 2. The third-order valence-corrected chi connectivity index (χ3v) is 5.46. The van der Waals surface area contributed by atoms with Crippen molar-refractivity contribution in [3.8, 4) is 22.9 Å². The Bertz CT molecular complexity index is 898. The maximum atomic E-state index is 5.40. The number of thioether (sulfide) groups is 1. The van der Waals surface area contributed by atoms with Gasteiger partial charge in [0.25, 0.3) is 0 Å². The third-order valence-electron chi connectivity index (χ3n) is 3.93. The van der Waals surface area contributed by atoms with Crippen molar-refractivity contribution in [1.29, 1.82) is 0 Å². The average Bonchev–Trinajstić information content (AvgIpc) is 3.08. The van der Waals surface area contributed by atoms with Crippen LogP contribution in [0.2, 0.25) is 0 Å². The van der Waals surface area contributed by atoms with Crippen molar-refractivity contribution in [2.24, 2.45) is 0 Å². The maximum absolute atomic E-state index is 5.40. The molecule has 0 radical (unpaired) electrons. The molecule has 0 aliphatic carbocycles. The zero-order valence-electron chi connectivity index (χ0n) is 14.9. The molecule has 0 fully saturated rings. The van der Waals surface area contributed by atoms with Crippen LogP contribution in [0.4, 0.5) is 0 Å². The summed E-state index contributed by atoms with van der Waals surface area (Å²) >= 11 is 5.19. The zero-order valence-corrected chi connectivity index (χ0v) is 17.3. The van der Waals surface area contributed by atoms with E-state index in [1.807, 2.05) is 30.3 Å². The smallest absolute Gasteiger partial charge is 0.191 e. The summed E-state index contributed by atoms with van der Waals surface area (Å²) in [5.74, 6) is 3.04. The lowest BCUT2D eigenvalue weighted by Gasteiger charge is -2.11. The number of benzene rings is 2. The zero-order chi connectivity index (χ0) is 18.5. The van der Waals surface area contributed by atoms with Gasteiger partial charge in [-0.15, -0.1) is 10.2 Å². The van der Waals surface area contributed by atoms with Crippen molar-refractivity contribution in [2.75, 3.05) is 14.2 Å². The number of halogens is 1. The normalized spacial score (nSPS) is 10.8. The van der Waals surface area contributed by atoms with E-state index in [-0.39, 0.29) is 0 Å². The lowest BCUT2D eigenvalue weighted by atomic mass is 10.2. The molecule has 2 aromatic carbocycles. The van der Waals surface area contributed by atoms with Crippen molar-refractivity contribution in [1.82, 2.24) is 14.8 Å². The molecule has 1 aromatic heterocycles. The summed E-state index contributed by atoms with van der Waals surface area (Å²) in [5.41, 5.74) is 2.19. The lowest BCUT2D eigenvalue weighted by molar-refractivity contribution is 0.355. The van der Waals surface area contributed by atoms with E-state index in [2.05, 4.69) is 49.8 Å². The fourth-order valence-corrected chi connectivity index (χ4v) is 4.04. The van der Waals surface area contributed by atoms with Crippen LogP contribution in [-0.2, 0) is 12.3 Å². The van der Waals surface area contributed by atoms with Crippen LogP contribution in [0.25, 0.3) is 11.4 Å². The first kappa shape index (κ1) is 18.8. The molecule has 0 aliphatic rings. The van der Waals surface area contributed by atoms with Crippen LogP contribution in [0.15, 0.2) is 52.1 Å². The summed E-state index contributed by atoms with van der Waals surface area (Å²) < 4.78 is 13.9. The molecule has 0 amide bonds. The van der Waals surface area contributed by atoms with Gasteiger partial charge in [0, 0.05) is 22.3 Å². The number of hydrogen-bond donors (Lipinski definition) is 0. The minimum absolute atomic E-state index is 0.680. The van der Waals surface area contributed by atoms with Crippen LogP contribution in [-0.4, -0.2) is 29.0 Å². The predicted octanol–water partition coefficient (Wildman–Crippen LogP) is 5.04. The molecular weight excluding hydrogens is 414 g/mol. The highest BCUT2D eigenvalue weighted by Crippen LogP contribution is 2.33. The van der Waals surface area contributed by atoms with Crippen molar-refractivity contribution in [2.45, 2.75) is 24.4 Å². The van der Waals surface area contributed by atoms with Crippen LogP contribution in [0.3, 0.4) is 0 Å². The van der Waals surface area contributed by atoms with Crippen LogP contribution in [0.5, 0.6) is 11.5 Å². The highest BCUT2D eigenvalue weighted by molar-refractivity contribution is 9.10. The van der Waals surface area contributed by atoms with Gasteiger partial charge >= 0.3 is 0 Å². The average molecular weight is 434 g/mol. The molecule has 0 saturated heterocycles. The molecule has 136 valence electrons. The Kier molecular flexibility index (Phi) is 6.21. The van der Waals surface area contributed by atoms with E-state index in [0.29, 0.717) is 11.5 Å². The highest BCUT2D eigenvalue weighted by Gasteiger charge is 2.15. The molecule has 26 heavy (non-hydrogen) atoms. The first-order chi connectivity index (χ1) is 12.7. The quantitative estimate of drug-likeness (QED) is 0.488. The van der Waals surface area contributed by atoms with Crippen molar-refractivity contribution < 1.29 is 9.47 Å². The van der Waals surface area contributed by atoms with E-state index in [0.717, 1.165) is 33.3 Å². The van der Waals surface area contributed by atoms with Gasteiger partial charge in [0.2, 0.25) is 0 Å². The predicted molar refractivity (Wildman–Crippen MR) is 108 cm³/mol. The van der Waals surface area contributed by atoms with Gasteiger partial charge in [0.1, 0.15) is 0 Å². The molecule has 0 atom stereocenters. The Morgan fingerprint density at radius 3 is 2.54 bits per heavy atom. The van der Waals surface area contributed by atoms with Gasteiger partial charge in [-0.05, 0) is 42.8 Å². The summed E-state index contributed by atoms with van der Waals surface area (Å²) in [6.07, 6.45) is 0. The summed E-state index contributed by atoms with van der Waals surface area (Å²) in [5, 5.41) is 9.70. The summed E-state index contributed by atoms with van der Waals surface area (Å²) in [6.45, 7) is 2.88. The van der Waals surface area contributed by atoms with Gasteiger partial charge in [0.05, 0.1) is 14.2 Å². The molecule has 0 unspecified atom stereocenters. The van der Waals surface area contributed by atoms with Crippen molar-refractivity contribution in [3.63, 3.8) is 0 Å². The van der Waals surface area contributed by atoms with E-state index in [4.69, 9.17) is 9.47 Å². The SMILES string of the molecule is CCn1c(SCc2cccc(Br)c2)nnc1-c1ccc(OC)c(OC)c1. The number of rotatable bonds is 7. The second-order valence-electron chi connectivity index (χ2n) is 5.54. The van der Waals surface area contributed by atoms with Gasteiger partial charge < -0.3 is 14.0 Å². The van der Waals surface area contributed by atoms with Gasteiger partial charge in [-0.25, -0.2) is 0 Å². The molecule has 3 aromatic rings. The number of nitrogens with zero attached hydrogens (tertiary/aromatic N) is 3. The second-order valence-corrected chi connectivity index (χ2v) is 7.40. The van der Waals surface area contributed by atoms with E-state index < -0.39 is 0 Å². The third kappa shape index (κ3) is 4.04. The Morgan fingerprint density at radius 2 is 1.85 bits per heavy atom. The maximum Gasteiger partial charge on any atom is 0.191 e. The molecule has 7 heteroatoms. The van der Waals surface area contributed by atoms with Gasteiger partial charge in [-0.2, -0.15) is 0 Å². The van der Waals surface area contributed by atoms with Gasteiger partial charge in [0.15, 0.2) is 22.5 Å². The molecule has 0 bridgehead atoms. The number of hydrogen-bond acceptors (Lipinski definition) is 5. The molecule has 0 aliphatic heterocycles. The molecule has 5 nitrogen and oxygen atoms in total. The largest absolute Gasteiger partial charge is 0.493 e. The Hall–Kier alpha value is -1.99. The highest BCUT2D eigenvalue weighted by atomic mass is 79.9. The first-order valence-electron chi connectivity index (χ1n) is 8.19. The Labute approximate surface area is 165 Å². The summed E-state index contributed by atoms with van der Waals surface area (Å²) in [4.78, 5) is 0. The molecule has 0 spiro atoms. The summed E-state index contributed by atoms with van der Waals surface area (Å²) in [6, 6.07) is 14.1. The number of methoxy groups -OCH3 is 2. The van der Waals surface area contributed by atoms with Crippen molar-refractivity contribution >= 4 is 27.7 Å². The van der Waals surface area contributed by atoms with E-state index in [1.165, 1.54) is 5.56 Å². The van der Waals surface area contributed by atoms with Crippen LogP contribution < -0.4 is 9.47 Å². The molecule has 0 N–H and O–H groups in total. The first-order valence-corrected chi connectivity index (χ1v) is 9.97. The number of aromatic nitrogens is 3. The van der Waals surface area contributed by atoms with Gasteiger partial charge in [-0.3, -0.25) is 0 Å². The van der Waals surface area contributed by atoms with E-state index in [9.17, 15) is 0 Å². The summed E-state index contributed by atoms with van der Waals surface area (Å²) in [7, 11) is 3.26. The Balaban J connectivity index is 1.86. The molecule has 3 rings (SSSR count). The fourth-order valence-electron chi connectivity index (χ4n) is 2.64. The standard InChI is InChI=1S/C19H20BrN3O2S/c1-4-23-18(14-8-9-16(24-2)17(11-14)25-3)21-22-19(23)26-12-13-6-5-7-15(20)10-13/h5-11H,4,12H2,1-3H3. The lowest BCUT2D eigenvalue weighted by Crippen LogP contribution is -2.00.